The van der Waals surface area contributed by atoms with Crippen molar-refractivity contribution in [2.24, 2.45) is 0 Å². The SMILES string of the molecule is Cc1ccc(OCc2cccc(C(=O)Nc3cc(C)n(Cc4cccc(C(F)(F)F)c4)n3)c2)c([N+](=O)[O-])c1. The van der Waals surface area contributed by atoms with E-state index in [9.17, 15) is 28.1 Å². The van der Waals surface area contributed by atoms with Crippen LogP contribution >= 0.6 is 0 Å². The smallest absolute Gasteiger partial charge is 0.416 e. The molecule has 0 radical (unpaired) electrons. The summed E-state index contributed by atoms with van der Waals surface area (Å²) in [5.41, 5.74) is 1.86. The molecule has 1 amide bonds. The molecule has 4 rings (SSSR count). The van der Waals surface area contributed by atoms with Crippen molar-refractivity contribution in [1.29, 1.82) is 0 Å². The van der Waals surface area contributed by atoms with Gasteiger partial charge in [-0.15, -0.1) is 0 Å². The van der Waals surface area contributed by atoms with Gasteiger partial charge in [0, 0.05) is 23.4 Å². The van der Waals surface area contributed by atoms with E-state index in [4.69, 9.17) is 4.74 Å². The monoisotopic (exact) mass is 524 g/mol. The van der Waals surface area contributed by atoms with Gasteiger partial charge in [0.15, 0.2) is 11.6 Å². The molecular formula is C27H23F3N4O4. The van der Waals surface area contributed by atoms with Crippen molar-refractivity contribution in [3.8, 4) is 5.75 Å². The maximum atomic E-state index is 13.0. The molecule has 0 aliphatic rings. The second kappa shape index (κ2) is 10.8. The molecule has 11 heteroatoms. The number of carbonyl (C=O) groups is 1. The zero-order chi connectivity index (χ0) is 27.4. The van der Waals surface area contributed by atoms with E-state index in [1.807, 2.05) is 0 Å². The van der Waals surface area contributed by atoms with Gasteiger partial charge >= 0.3 is 11.9 Å². The van der Waals surface area contributed by atoms with E-state index in [2.05, 4.69) is 10.4 Å². The van der Waals surface area contributed by atoms with Gasteiger partial charge in [-0.3, -0.25) is 19.6 Å². The third-order valence-electron chi connectivity index (χ3n) is 5.70. The molecule has 1 aromatic heterocycles. The number of nitrogens with one attached hydrogen (secondary N) is 1. The minimum Gasteiger partial charge on any atom is -0.482 e. The molecular weight excluding hydrogens is 501 g/mol. The highest BCUT2D eigenvalue weighted by Crippen LogP contribution is 2.30. The molecule has 4 aromatic rings. The molecule has 196 valence electrons. The Morgan fingerprint density at radius 2 is 1.76 bits per heavy atom. The molecule has 8 nitrogen and oxygen atoms in total. The van der Waals surface area contributed by atoms with Gasteiger partial charge in [0.05, 0.1) is 17.0 Å². The number of alkyl halides is 3. The molecule has 0 aliphatic carbocycles. The lowest BCUT2D eigenvalue weighted by Gasteiger charge is -2.10. The van der Waals surface area contributed by atoms with Gasteiger partial charge in [0.2, 0.25) is 0 Å². The molecule has 1 heterocycles. The van der Waals surface area contributed by atoms with E-state index in [0.717, 1.165) is 17.7 Å². The van der Waals surface area contributed by atoms with Crippen molar-refractivity contribution < 1.29 is 27.6 Å². The number of aromatic nitrogens is 2. The highest BCUT2D eigenvalue weighted by Gasteiger charge is 2.30. The summed E-state index contributed by atoms with van der Waals surface area (Å²) in [6.07, 6.45) is -4.44. The second-order valence-electron chi connectivity index (χ2n) is 8.70. The van der Waals surface area contributed by atoms with Crippen molar-refractivity contribution in [1.82, 2.24) is 9.78 Å². The first kappa shape index (κ1) is 26.4. The van der Waals surface area contributed by atoms with E-state index >= 15 is 0 Å². The highest BCUT2D eigenvalue weighted by atomic mass is 19.4. The third-order valence-corrected chi connectivity index (χ3v) is 5.70. The second-order valence-corrected chi connectivity index (χ2v) is 8.70. The van der Waals surface area contributed by atoms with Crippen LogP contribution in [0.3, 0.4) is 0 Å². The van der Waals surface area contributed by atoms with Gasteiger partial charge in [-0.1, -0.05) is 30.3 Å². The van der Waals surface area contributed by atoms with Gasteiger partial charge in [0.1, 0.15) is 6.61 Å². The number of nitro benzene ring substituents is 1. The van der Waals surface area contributed by atoms with Gasteiger partial charge in [0.25, 0.3) is 5.91 Å². The number of amides is 1. The fourth-order valence-corrected chi connectivity index (χ4v) is 3.79. The number of aryl methyl sites for hydroxylation is 2. The van der Waals surface area contributed by atoms with Gasteiger partial charge in [-0.25, -0.2) is 0 Å². The van der Waals surface area contributed by atoms with Crippen LogP contribution in [0.25, 0.3) is 0 Å². The minimum absolute atomic E-state index is 0.00967. The van der Waals surface area contributed by atoms with Gasteiger partial charge in [-0.2, -0.15) is 18.3 Å². The molecule has 3 aromatic carbocycles. The highest BCUT2D eigenvalue weighted by molar-refractivity contribution is 6.03. The van der Waals surface area contributed by atoms with Crippen molar-refractivity contribution in [2.45, 2.75) is 33.2 Å². The number of rotatable bonds is 8. The summed E-state index contributed by atoms with van der Waals surface area (Å²) in [6.45, 7) is 3.59. The zero-order valence-corrected chi connectivity index (χ0v) is 20.5. The van der Waals surface area contributed by atoms with Crippen molar-refractivity contribution in [3.63, 3.8) is 0 Å². The van der Waals surface area contributed by atoms with Crippen LogP contribution in [0, 0.1) is 24.0 Å². The molecule has 0 saturated carbocycles. The summed E-state index contributed by atoms with van der Waals surface area (Å²) in [4.78, 5) is 23.6. The van der Waals surface area contributed by atoms with Gasteiger partial charge < -0.3 is 10.1 Å². The van der Waals surface area contributed by atoms with Crippen molar-refractivity contribution in [3.05, 3.63) is 116 Å². The Bertz CT molecular complexity index is 1500. The molecule has 0 fully saturated rings. The molecule has 0 spiro atoms. The summed E-state index contributed by atoms with van der Waals surface area (Å²) in [7, 11) is 0. The molecule has 0 atom stereocenters. The van der Waals surface area contributed by atoms with E-state index in [1.54, 1.807) is 56.3 Å². The lowest BCUT2D eigenvalue weighted by molar-refractivity contribution is -0.386. The standard InChI is InChI=1S/C27H23F3N4O4/c1-17-9-10-24(23(11-17)34(36)37)38-16-20-6-3-7-21(13-20)26(35)31-25-12-18(2)33(32-25)15-19-5-4-8-22(14-19)27(28,29)30/h3-14H,15-16H2,1-2H3,(H,31,32,35). The first-order valence-electron chi connectivity index (χ1n) is 11.5. The molecule has 0 saturated heterocycles. The number of hydrogen-bond donors (Lipinski definition) is 1. The normalized spacial score (nSPS) is 11.3. The topological polar surface area (TPSA) is 99.3 Å². The molecule has 0 aliphatic heterocycles. The zero-order valence-electron chi connectivity index (χ0n) is 20.5. The average Bonchev–Trinajstić information content (AvgIpc) is 3.21. The minimum atomic E-state index is -4.44. The first-order chi connectivity index (χ1) is 18.0. The van der Waals surface area contributed by atoms with Crippen LogP contribution in [0.4, 0.5) is 24.7 Å². The van der Waals surface area contributed by atoms with Crippen LogP contribution in [0.15, 0.2) is 72.8 Å². The Balaban J connectivity index is 1.43. The Kier molecular flexibility index (Phi) is 7.47. The maximum absolute atomic E-state index is 13.0. The number of ether oxygens (including phenoxy) is 1. The fraction of sp³-hybridized carbons (Fsp3) is 0.185. The summed E-state index contributed by atoms with van der Waals surface area (Å²) < 4.78 is 46.2. The summed E-state index contributed by atoms with van der Waals surface area (Å²) in [5.74, 6) is -0.0782. The van der Waals surface area contributed by atoms with Crippen LogP contribution in [-0.2, 0) is 19.3 Å². The summed E-state index contributed by atoms with van der Waals surface area (Å²) in [6, 6.07) is 17.9. The number of halogens is 3. The van der Waals surface area contributed by atoms with E-state index in [1.165, 1.54) is 22.9 Å². The van der Waals surface area contributed by atoms with Crippen LogP contribution < -0.4 is 10.1 Å². The average molecular weight is 524 g/mol. The predicted octanol–water partition coefficient (Wildman–Crippen LogP) is 6.31. The van der Waals surface area contributed by atoms with Crippen LogP contribution in [-0.4, -0.2) is 20.6 Å². The van der Waals surface area contributed by atoms with Crippen LogP contribution in [0.5, 0.6) is 5.75 Å². The first-order valence-corrected chi connectivity index (χ1v) is 11.5. The number of benzene rings is 3. The molecule has 0 bridgehead atoms. The van der Waals surface area contributed by atoms with Crippen molar-refractivity contribution in [2.75, 3.05) is 5.32 Å². The Morgan fingerprint density at radius 3 is 2.50 bits per heavy atom. The number of carbonyl (C=O) groups excluding carboxylic acids is 1. The largest absolute Gasteiger partial charge is 0.482 e. The lowest BCUT2D eigenvalue weighted by atomic mass is 10.1. The van der Waals surface area contributed by atoms with Crippen LogP contribution in [0.2, 0.25) is 0 Å². The number of nitro groups is 1. The van der Waals surface area contributed by atoms with E-state index in [-0.39, 0.29) is 30.4 Å². The summed E-state index contributed by atoms with van der Waals surface area (Å²) >= 11 is 0. The molecule has 38 heavy (non-hydrogen) atoms. The fourth-order valence-electron chi connectivity index (χ4n) is 3.79. The Labute approximate surface area is 215 Å². The van der Waals surface area contributed by atoms with E-state index < -0.39 is 22.6 Å². The molecule has 1 N–H and O–H groups in total. The Hall–Kier alpha value is -4.67. The maximum Gasteiger partial charge on any atom is 0.416 e. The number of hydrogen-bond acceptors (Lipinski definition) is 5. The summed E-state index contributed by atoms with van der Waals surface area (Å²) in [5, 5.41) is 18.3. The van der Waals surface area contributed by atoms with Crippen molar-refractivity contribution >= 4 is 17.4 Å². The number of nitrogens with zero attached hydrogens (tertiary/aromatic N) is 3. The number of anilines is 1. The van der Waals surface area contributed by atoms with Gasteiger partial charge in [-0.05, 0) is 60.9 Å². The van der Waals surface area contributed by atoms with Crippen LogP contribution in [0.1, 0.15) is 38.3 Å². The Morgan fingerprint density at radius 1 is 1.03 bits per heavy atom. The lowest BCUT2D eigenvalue weighted by Crippen LogP contribution is -2.13. The molecule has 0 unspecified atom stereocenters. The third kappa shape index (κ3) is 6.36. The quantitative estimate of drug-likeness (QED) is 0.215. The predicted molar refractivity (Wildman–Crippen MR) is 134 cm³/mol. The van der Waals surface area contributed by atoms with E-state index in [0.29, 0.717) is 22.4 Å².